The minimum Gasteiger partial charge on any atom is -0.324 e. The highest BCUT2D eigenvalue weighted by molar-refractivity contribution is 8.01. The van der Waals surface area contributed by atoms with Gasteiger partial charge in [-0.2, -0.15) is 0 Å². The van der Waals surface area contributed by atoms with Crippen molar-refractivity contribution in [3.63, 3.8) is 0 Å². The Morgan fingerprint density at radius 3 is 3.05 bits per heavy atom. The van der Waals surface area contributed by atoms with Crippen molar-refractivity contribution in [2.75, 3.05) is 11.1 Å². The number of rotatable bonds is 2. The van der Waals surface area contributed by atoms with Crippen LogP contribution >= 0.6 is 23.4 Å². The van der Waals surface area contributed by atoms with Gasteiger partial charge in [-0.25, -0.2) is 0 Å². The van der Waals surface area contributed by atoms with E-state index in [9.17, 15) is 9.59 Å². The standard InChI is InChI=1S/C15H17ClN2O2S/c1-9-10(16)4-3-5-11(9)17-14(20)12-8-21-15(2)7-6-13(19)18(12)15/h3-5,12H,6-8H2,1-2H3,(H,17,20)/t12-,15+/m0/s1. The van der Waals surface area contributed by atoms with Crippen LogP contribution in [-0.2, 0) is 9.59 Å². The number of carbonyl (C=O) groups excluding carboxylic acids is 2. The number of hydrogen-bond acceptors (Lipinski definition) is 3. The average molecular weight is 325 g/mol. The van der Waals surface area contributed by atoms with Gasteiger partial charge in [0.05, 0.1) is 4.87 Å². The lowest BCUT2D eigenvalue weighted by atomic mass is 10.1. The van der Waals surface area contributed by atoms with Crippen LogP contribution in [0.5, 0.6) is 0 Å². The Bertz CT molecular complexity index is 622. The smallest absolute Gasteiger partial charge is 0.248 e. The summed E-state index contributed by atoms with van der Waals surface area (Å²) in [6.45, 7) is 3.91. The van der Waals surface area contributed by atoms with E-state index < -0.39 is 6.04 Å². The predicted molar refractivity (Wildman–Crippen MR) is 85.5 cm³/mol. The molecule has 2 saturated heterocycles. The van der Waals surface area contributed by atoms with Crippen molar-refractivity contribution in [2.45, 2.75) is 37.6 Å². The van der Waals surface area contributed by atoms with Crippen LogP contribution in [0.2, 0.25) is 5.02 Å². The maximum Gasteiger partial charge on any atom is 0.248 e. The molecule has 112 valence electrons. The lowest BCUT2D eigenvalue weighted by Crippen LogP contribution is -2.48. The van der Waals surface area contributed by atoms with E-state index in [-0.39, 0.29) is 16.7 Å². The topological polar surface area (TPSA) is 49.4 Å². The fourth-order valence-corrected chi connectivity index (χ4v) is 4.58. The highest BCUT2D eigenvalue weighted by Crippen LogP contribution is 2.47. The first-order valence-corrected chi connectivity index (χ1v) is 8.31. The van der Waals surface area contributed by atoms with Crippen molar-refractivity contribution in [1.29, 1.82) is 0 Å². The number of nitrogens with one attached hydrogen (secondary N) is 1. The minimum absolute atomic E-state index is 0.0745. The summed E-state index contributed by atoms with van der Waals surface area (Å²) in [5.41, 5.74) is 1.55. The third-order valence-electron chi connectivity index (χ3n) is 4.27. The zero-order valence-corrected chi connectivity index (χ0v) is 13.6. The van der Waals surface area contributed by atoms with Crippen LogP contribution in [0.15, 0.2) is 18.2 Å². The Morgan fingerprint density at radius 1 is 1.52 bits per heavy atom. The first-order chi connectivity index (χ1) is 9.92. The van der Waals surface area contributed by atoms with Crippen LogP contribution in [0.4, 0.5) is 5.69 Å². The number of nitrogens with zero attached hydrogens (tertiary/aromatic N) is 1. The second kappa shape index (κ2) is 5.21. The van der Waals surface area contributed by atoms with Crippen molar-refractivity contribution in [1.82, 2.24) is 4.90 Å². The molecule has 2 aliphatic rings. The number of anilines is 1. The zero-order valence-electron chi connectivity index (χ0n) is 12.0. The lowest BCUT2D eigenvalue weighted by molar-refractivity contribution is -0.135. The predicted octanol–water partition coefficient (Wildman–Crippen LogP) is 3.04. The van der Waals surface area contributed by atoms with Gasteiger partial charge >= 0.3 is 0 Å². The molecule has 0 unspecified atom stereocenters. The Hall–Kier alpha value is -1.20. The Morgan fingerprint density at radius 2 is 2.29 bits per heavy atom. The van der Waals surface area contributed by atoms with E-state index in [1.807, 2.05) is 19.9 Å². The minimum atomic E-state index is -0.395. The third-order valence-corrected chi connectivity index (χ3v) is 6.19. The van der Waals surface area contributed by atoms with E-state index in [0.29, 0.717) is 22.9 Å². The molecule has 0 saturated carbocycles. The Balaban J connectivity index is 1.80. The fraction of sp³-hybridized carbons (Fsp3) is 0.467. The van der Waals surface area contributed by atoms with Crippen LogP contribution in [0, 0.1) is 6.92 Å². The molecular formula is C15H17ClN2O2S. The van der Waals surface area contributed by atoms with Crippen LogP contribution in [-0.4, -0.2) is 33.4 Å². The molecule has 6 heteroatoms. The molecule has 2 atom stereocenters. The van der Waals surface area contributed by atoms with Crippen molar-refractivity contribution in [3.05, 3.63) is 28.8 Å². The number of carbonyl (C=O) groups is 2. The summed E-state index contributed by atoms with van der Waals surface area (Å²) in [5.74, 6) is 0.588. The van der Waals surface area contributed by atoms with Gasteiger partial charge in [0.1, 0.15) is 6.04 Å². The maximum atomic E-state index is 12.5. The number of amides is 2. The van der Waals surface area contributed by atoms with Crippen molar-refractivity contribution in [2.24, 2.45) is 0 Å². The molecule has 1 aromatic carbocycles. The summed E-state index contributed by atoms with van der Waals surface area (Å²) in [5, 5.41) is 3.53. The third kappa shape index (κ3) is 2.42. The van der Waals surface area contributed by atoms with E-state index >= 15 is 0 Å². The monoisotopic (exact) mass is 324 g/mol. The molecule has 1 N–H and O–H groups in total. The first kappa shape index (κ1) is 14.7. The number of benzene rings is 1. The Labute approximate surface area is 133 Å². The van der Waals surface area contributed by atoms with Crippen LogP contribution < -0.4 is 5.32 Å². The second-order valence-electron chi connectivity index (χ2n) is 5.67. The fourth-order valence-electron chi connectivity index (χ4n) is 2.97. The molecule has 3 rings (SSSR count). The summed E-state index contributed by atoms with van der Waals surface area (Å²) in [6.07, 6.45) is 1.35. The van der Waals surface area contributed by atoms with Gasteiger partial charge in [0, 0.05) is 22.9 Å². The van der Waals surface area contributed by atoms with Gasteiger partial charge in [-0.3, -0.25) is 9.59 Å². The van der Waals surface area contributed by atoms with Gasteiger partial charge in [0.2, 0.25) is 11.8 Å². The van der Waals surface area contributed by atoms with Crippen LogP contribution in [0.25, 0.3) is 0 Å². The molecule has 2 aliphatic heterocycles. The van der Waals surface area contributed by atoms with E-state index in [2.05, 4.69) is 5.32 Å². The molecule has 2 amide bonds. The van der Waals surface area contributed by atoms with E-state index in [1.165, 1.54) is 0 Å². The summed E-state index contributed by atoms with van der Waals surface area (Å²) in [6, 6.07) is 5.03. The summed E-state index contributed by atoms with van der Waals surface area (Å²) in [7, 11) is 0. The van der Waals surface area contributed by atoms with Crippen molar-refractivity contribution < 1.29 is 9.59 Å². The SMILES string of the molecule is Cc1c(Cl)cccc1NC(=O)[C@@H]1CS[C@]2(C)CCC(=O)N12. The summed E-state index contributed by atoms with van der Waals surface area (Å²) >= 11 is 7.76. The normalized spacial score (nSPS) is 27.9. The zero-order chi connectivity index (χ0) is 15.2. The summed E-state index contributed by atoms with van der Waals surface area (Å²) < 4.78 is 0. The van der Waals surface area contributed by atoms with Crippen LogP contribution in [0.1, 0.15) is 25.3 Å². The largest absolute Gasteiger partial charge is 0.324 e. The molecule has 1 aromatic rings. The number of thioether (sulfide) groups is 1. The van der Waals surface area contributed by atoms with Crippen molar-refractivity contribution >= 4 is 40.9 Å². The van der Waals surface area contributed by atoms with Crippen LogP contribution in [0.3, 0.4) is 0 Å². The molecule has 0 spiro atoms. The van der Waals surface area contributed by atoms with Gasteiger partial charge in [0.15, 0.2) is 0 Å². The number of halogens is 1. The van der Waals surface area contributed by atoms with E-state index in [0.717, 1.165) is 12.0 Å². The molecular weight excluding hydrogens is 308 g/mol. The maximum absolute atomic E-state index is 12.5. The number of fused-ring (bicyclic) bond motifs is 1. The van der Waals surface area contributed by atoms with E-state index in [1.54, 1.807) is 28.8 Å². The Kier molecular flexibility index (Phi) is 3.66. The molecule has 2 fully saturated rings. The lowest BCUT2D eigenvalue weighted by Gasteiger charge is -2.30. The average Bonchev–Trinajstić information content (AvgIpc) is 2.92. The second-order valence-corrected chi connectivity index (χ2v) is 7.58. The summed E-state index contributed by atoms with van der Waals surface area (Å²) in [4.78, 5) is 26.1. The van der Waals surface area contributed by atoms with Crippen molar-refractivity contribution in [3.8, 4) is 0 Å². The molecule has 0 bridgehead atoms. The quantitative estimate of drug-likeness (QED) is 0.909. The molecule has 21 heavy (non-hydrogen) atoms. The van der Waals surface area contributed by atoms with Gasteiger partial charge in [-0.15, -0.1) is 11.8 Å². The molecule has 4 nitrogen and oxygen atoms in total. The molecule has 0 aliphatic carbocycles. The van der Waals surface area contributed by atoms with Gasteiger partial charge in [-0.05, 0) is 38.0 Å². The highest BCUT2D eigenvalue weighted by atomic mass is 35.5. The molecule has 0 aromatic heterocycles. The molecule has 0 radical (unpaired) electrons. The number of hydrogen-bond donors (Lipinski definition) is 1. The van der Waals surface area contributed by atoms with E-state index in [4.69, 9.17) is 11.6 Å². The van der Waals surface area contributed by atoms with Gasteiger partial charge in [-0.1, -0.05) is 17.7 Å². The first-order valence-electron chi connectivity index (χ1n) is 6.94. The molecule has 2 heterocycles. The van der Waals surface area contributed by atoms with Gasteiger partial charge in [0.25, 0.3) is 0 Å². The highest BCUT2D eigenvalue weighted by Gasteiger charge is 2.52. The van der Waals surface area contributed by atoms with Gasteiger partial charge < -0.3 is 10.2 Å².